The first-order valence-corrected chi connectivity index (χ1v) is 4.45. The lowest BCUT2D eigenvalue weighted by Gasteiger charge is -2.05. The Morgan fingerprint density at radius 2 is 1.77 bits per heavy atom. The molecule has 1 saturated carbocycles. The summed E-state index contributed by atoms with van der Waals surface area (Å²) in [6, 6.07) is 0. The van der Waals surface area contributed by atoms with E-state index in [1.807, 2.05) is 0 Å². The molecule has 1 rings (SSSR count). The van der Waals surface area contributed by atoms with E-state index in [0.717, 1.165) is 25.7 Å². The van der Waals surface area contributed by atoms with Crippen molar-refractivity contribution in [3.05, 3.63) is 0 Å². The predicted octanol–water partition coefficient (Wildman–Crippen LogP) is 1.97. The van der Waals surface area contributed by atoms with Gasteiger partial charge in [0, 0.05) is 5.92 Å². The molecule has 1 aliphatic carbocycles. The van der Waals surface area contributed by atoms with Crippen molar-refractivity contribution in [3.63, 3.8) is 0 Å². The molecule has 0 aliphatic heterocycles. The zero-order valence-corrected chi connectivity index (χ0v) is 7.26. The molecule has 0 radical (unpaired) electrons. The molecule has 4 heteroatoms. The average molecular weight is 190 g/mol. The molecule has 0 aromatic rings. The highest BCUT2D eigenvalue weighted by atomic mass is 19.3. The standard InChI is InChI=1S/C9H12F2O2/c10-9(11)8(13)5-7(12)6-3-1-2-4-6/h6,9H,1-5H2. The number of halogens is 2. The van der Waals surface area contributed by atoms with Crippen molar-refractivity contribution in [2.75, 3.05) is 0 Å². The molecular weight excluding hydrogens is 178 g/mol. The number of alkyl halides is 2. The van der Waals surface area contributed by atoms with Gasteiger partial charge in [0.25, 0.3) is 6.43 Å². The van der Waals surface area contributed by atoms with Gasteiger partial charge in [-0.2, -0.15) is 0 Å². The van der Waals surface area contributed by atoms with E-state index in [-0.39, 0.29) is 11.7 Å². The van der Waals surface area contributed by atoms with Gasteiger partial charge in [-0.3, -0.25) is 9.59 Å². The molecule has 0 amide bonds. The van der Waals surface area contributed by atoms with Gasteiger partial charge in [0.15, 0.2) is 0 Å². The number of carbonyl (C=O) groups excluding carboxylic acids is 2. The minimum absolute atomic E-state index is 0.136. The summed E-state index contributed by atoms with van der Waals surface area (Å²) >= 11 is 0. The summed E-state index contributed by atoms with van der Waals surface area (Å²) in [6.07, 6.45) is -0.115. The van der Waals surface area contributed by atoms with Crippen molar-refractivity contribution in [2.45, 2.75) is 38.5 Å². The van der Waals surface area contributed by atoms with Crippen LogP contribution in [0.15, 0.2) is 0 Å². The first-order valence-electron chi connectivity index (χ1n) is 4.45. The first kappa shape index (κ1) is 10.3. The summed E-state index contributed by atoms with van der Waals surface area (Å²) in [5, 5.41) is 0. The first-order chi connectivity index (χ1) is 6.11. The fourth-order valence-corrected chi connectivity index (χ4v) is 1.64. The summed E-state index contributed by atoms with van der Waals surface area (Å²) in [4.78, 5) is 21.7. The zero-order chi connectivity index (χ0) is 9.84. The van der Waals surface area contributed by atoms with Gasteiger partial charge in [-0.05, 0) is 12.8 Å². The smallest absolute Gasteiger partial charge is 0.296 e. The Morgan fingerprint density at radius 3 is 2.23 bits per heavy atom. The van der Waals surface area contributed by atoms with Crippen LogP contribution in [-0.2, 0) is 9.59 Å². The molecule has 0 aromatic heterocycles. The van der Waals surface area contributed by atoms with Crippen molar-refractivity contribution in [1.82, 2.24) is 0 Å². The van der Waals surface area contributed by atoms with Crippen molar-refractivity contribution in [2.24, 2.45) is 5.92 Å². The number of hydrogen-bond acceptors (Lipinski definition) is 2. The van der Waals surface area contributed by atoms with Gasteiger partial charge in [-0.15, -0.1) is 0 Å². The van der Waals surface area contributed by atoms with Crippen LogP contribution in [-0.4, -0.2) is 18.0 Å². The molecule has 0 unspecified atom stereocenters. The maximum absolute atomic E-state index is 11.8. The SMILES string of the molecule is O=C(CC(=O)C1CCCC1)C(F)F. The summed E-state index contributed by atoms with van der Waals surface area (Å²) < 4.78 is 23.5. The molecule has 0 spiro atoms. The fraction of sp³-hybridized carbons (Fsp3) is 0.778. The second-order valence-electron chi connectivity index (χ2n) is 3.39. The third-order valence-corrected chi connectivity index (χ3v) is 2.40. The highest BCUT2D eigenvalue weighted by Crippen LogP contribution is 2.26. The molecule has 0 heterocycles. The Balaban J connectivity index is 2.36. The van der Waals surface area contributed by atoms with Crippen molar-refractivity contribution >= 4 is 11.6 Å². The van der Waals surface area contributed by atoms with Crippen LogP contribution in [0.3, 0.4) is 0 Å². The van der Waals surface area contributed by atoms with E-state index < -0.39 is 18.6 Å². The molecule has 0 bridgehead atoms. The second kappa shape index (κ2) is 4.44. The molecular formula is C9H12F2O2. The maximum atomic E-state index is 11.8. The maximum Gasteiger partial charge on any atom is 0.296 e. The summed E-state index contributed by atoms with van der Waals surface area (Å²) in [7, 11) is 0. The molecule has 74 valence electrons. The number of Topliss-reactive ketones (excluding diaryl/α,β-unsaturated/α-hetero) is 2. The molecule has 1 fully saturated rings. The summed E-state index contributed by atoms with van der Waals surface area (Å²) in [5.41, 5.74) is 0. The quantitative estimate of drug-likeness (QED) is 0.635. The van der Waals surface area contributed by atoms with Crippen LogP contribution in [0.25, 0.3) is 0 Å². The Bertz CT molecular complexity index is 208. The van der Waals surface area contributed by atoms with E-state index in [1.54, 1.807) is 0 Å². The lowest BCUT2D eigenvalue weighted by Crippen LogP contribution is -2.20. The summed E-state index contributed by atoms with van der Waals surface area (Å²) in [6.45, 7) is 0. The predicted molar refractivity (Wildman–Crippen MR) is 42.6 cm³/mol. The van der Waals surface area contributed by atoms with Gasteiger partial charge in [0.1, 0.15) is 5.78 Å². The van der Waals surface area contributed by atoms with Crippen molar-refractivity contribution in [1.29, 1.82) is 0 Å². The van der Waals surface area contributed by atoms with Crippen LogP contribution in [0.1, 0.15) is 32.1 Å². The minimum atomic E-state index is -3.00. The molecule has 0 atom stereocenters. The van der Waals surface area contributed by atoms with Crippen molar-refractivity contribution in [3.8, 4) is 0 Å². The topological polar surface area (TPSA) is 34.1 Å². The van der Waals surface area contributed by atoms with E-state index >= 15 is 0 Å². The van der Waals surface area contributed by atoms with Gasteiger partial charge in [0.05, 0.1) is 6.42 Å². The van der Waals surface area contributed by atoms with Crippen LogP contribution in [0, 0.1) is 5.92 Å². The third-order valence-electron chi connectivity index (χ3n) is 2.40. The largest absolute Gasteiger partial charge is 0.299 e. The van der Waals surface area contributed by atoms with E-state index in [9.17, 15) is 18.4 Å². The molecule has 0 aromatic carbocycles. The van der Waals surface area contributed by atoms with Crippen LogP contribution in [0.4, 0.5) is 8.78 Å². The number of carbonyl (C=O) groups is 2. The Labute approximate surface area is 75.3 Å². The van der Waals surface area contributed by atoms with Crippen LogP contribution in [0.2, 0.25) is 0 Å². The Hall–Kier alpha value is -0.800. The van der Waals surface area contributed by atoms with Crippen LogP contribution < -0.4 is 0 Å². The lowest BCUT2D eigenvalue weighted by molar-refractivity contribution is -0.135. The molecule has 0 N–H and O–H groups in total. The van der Waals surface area contributed by atoms with Gasteiger partial charge >= 0.3 is 0 Å². The van der Waals surface area contributed by atoms with Gasteiger partial charge in [-0.25, -0.2) is 8.78 Å². The number of ketones is 2. The molecule has 13 heavy (non-hydrogen) atoms. The number of rotatable bonds is 4. The highest BCUT2D eigenvalue weighted by molar-refractivity contribution is 6.01. The minimum Gasteiger partial charge on any atom is -0.299 e. The average Bonchev–Trinajstić information content (AvgIpc) is 2.55. The molecule has 1 aliphatic rings. The van der Waals surface area contributed by atoms with Crippen LogP contribution in [0.5, 0.6) is 0 Å². The zero-order valence-electron chi connectivity index (χ0n) is 7.26. The Kier molecular flexibility index (Phi) is 3.51. The van der Waals surface area contributed by atoms with Gasteiger partial charge in [-0.1, -0.05) is 12.8 Å². The lowest BCUT2D eigenvalue weighted by atomic mass is 9.99. The van der Waals surface area contributed by atoms with Gasteiger partial charge in [0.2, 0.25) is 5.78 Å². The fourth-order valence-electron chi connectivity index (χ4n) is 1.64. The van der Waals surface area contributed by atoms with Crippen molar-refractivity contribution < 1.29 is 18.4 Å². The highest BCUT2D eigenvalue weighted by Gasteiger charge is 2.27. The van der Waals surface area contributed by atoms with E-state index in [0.29, 0.717) is 0 Å². The monoisotopic (exact) mass is 190 g/mol. The van der Waals surface area contributed by atoms with E-state index in [1.165, 1.54) is 0 Å². The normalized spacial score (nSPS) is 18.1. The number of hydrogen-bond donors (Lipinski definition) is 0. The summed E-state index contributed by atoms with van der Waals surface area (Å²) in [5.74, 6) is -1.68. The second-order valence-corrected chi connectivity index (χ2v) is 3.39. The van der Waals surface area contributed by atoms with Gasteiger partial charge < -0.3 is 0 Å². The molecule has 0 saturated heterocycles. The third kappa shape index (κ3) is 2.86. The van der Waals surface area contributed by atoms with E-state index in [2.05, 4.69) is 0 Å². The Morgan fingerprint density at radius 1 is 1.23 bits per heavy atom. The molecule has 2 nitrogen and oxygen atoms in total. The van der Waals surface area contributed by atoms with Crippen LogP contribution >= 0.6 is 0 Å². The van der Waals surface area contributed by atoms with E-state index in [4.69, 9.17) is 0 Å².